The summed E-state index contributed by atoms with van der Waals surface area (Å²) >= 11 is 1.16. The van der Waals surface area contributed by atoms with Gasteiger partial charge in [0.25, 0.3) is 5.91 Å². The summed E-state index contributed by atoms with van der Waals surface area (Å²) in [6.45, 7) is -0.235. The number of hydrogen-bond acceptors (Lipinski definition) is 7. The third-order valence-corrected chi connectivity index (χ3v) is 7.69. The third kappa shape index (κ3) is 6.95. The molecule has 0 saturated heterocycles. The van der Waals surface area contributed by atoms with Crippen LogP contribution in [0.5, 0.6) is 0 Å². The molecule has 0 spiro atoms. The van der Waals surface area contributed by atoms with Crippen LogP contribution in [0, 0.1) is 0 Å². The molecule has 0 fully saturated rings. The lowest BCUT2D eigenvalue weighted by molar-refractivity contribution is -0.126. The first-order chi connectivity index (χ1) is 16.7. The van der Waals surface area contributed by atoms with Crippen LogP contribution >= 0.6 is 11.8 Å². The molecule has 0 aliphatic rings. The van der Waals surface area contributed by atoms with Crippen molar-refractivity contribution in [3.8, 4) is 0 Å². The number of benzene rings is 3. The van der Waals surface area contributed by atoms with Gasteiger partial charge in [-0.1, -0.05) is 54.2 Å². The van der Waals surface area contributed by atoms with Gasteiger partial charge in [0.05, 0.1) is 11.4 Å². The summed E-state index contributed by atoms with van der Waals surface area (Å²) in [6.07, 6.45) is 0. The summed E-state index contributed by atoms with van der Waals surface area (Å²) in [7, 11) is -0.0323. The van der Waals surface area contributed by atoms with Gasteiger partial charge in [0.1, 0.15) is 0 Å². The van der Waals surface area contributed by atoms with E-state index in [1.54, 1.807) is 18.2 Å². The fraction of sp³-hybridized carbons (Fsp3) is 0.250. The predicted molar refractivity (Wildman–Crippen MR) is 140 cm³/mol. The zero-order valence-corrected chi connectivity index (χ0v) is 21.2. The SMILES string of the molecule is CN(C)c1cccc2c(S(=O)(=O)NCCNC(=O)C(NC(=O)CN)Sc3ccccc3)cccc12. The minimum atomic E-state index is -3.83. The predicted octanol–water partition coefficient (Wildman–Crippen LogP) is 1.49. The summed E-state index contributed by atoms with van der Waals surface area (Å²) in [6, 6.07) is 19.8. The number of carbonyl (C=O) groups is 2. The first-order valence-electron chi connectivity index (χ1n) is 10.9. The lowest BCUT2D eigenvalue weighted by Crippen LogP contribution is -2.47. The normalized spacial score (nSPS) is 12.2. The van der Waals surface area contributed by atoms with Crippen LogP contribution in [-0.4, -0.2) is 59.3 Å². The Morgan fingerprint density at radius 3 is 2.31 bits per heavy atom. The highest BCUT2D eigenvalue weighted by atomic mass is 32.2. The highest BCUT2D eigenvalue weighted by Crippen LogP contribution is 2.30. The van der Waals surface area contributed by atoms with Crippen molar-refractivity contribution in [2.75, 3.05) is 38.6 Å². The van der Waals surface area contributed by atoms with Gasteiger partial charge in [0.2, 0.25) is 15.9 Å². The molecule has 0 aromatic heterocycles. The van der Waals surface area contributed by atoms with Gasteiger partial charge in [0.15, 0.2) is 5.37 Å². The molecule has 0 radical (unpaired) electrons. The molecule has 3 aromatic rings. The van der Waals surface area contributed by atoms with Gasteiger partial charge in [-0.15, -0.1) is 0 Å². The number of nitrogens with one attached hydrogen (secondary N) is 3. The van der Waals surface area contributed by atoms with Gasteiger partial charge >= 0.3 is 0 Å². The molecule has 3 aromatic carbocycles. The highest BCUT2D eigenvalue weighted by molar-refractivity contribution is 8.00. The molecule has 5 N–H and O–H groups in total. The van der Waals surface area contributed by atoms with E-state index in [2.05, 4.69) is 15.4 Å². The molecule has 0 bridgehead atoms. The van der Waals surface area contributed by atoms with E-state index in [0.717, 1.165) is 27.7 Å². The van der Waals surface area contributed by atoms with Crippen LogP contribution in [0.3, 0.4) is 0 Å². The number of nitrogens with zero attached hydrogens (tertiary/aromatic N) is 1. The third-order valence-electron chi connectivity index (χ3n) is 5.06. The molecular formula is C24H29N5O4S2. The van der Waals surface area contributed by atoms with E-state index >= 15 is 0 Å². The number of rotatable bonds is 11. The van der Waals surface area contributed by atoms with Crippen molar-refractivity contribution in [3.05, 3.63) is 66.7 Å². The molecule has 2 amide bonds. The van der Waals surface area contributed by atoms with Gasteiger partial charge < -0.3 is 21.3 Å². The standard InChI is InChI=1S/C24H29N5O4S2/c1-29(2)20-12-6-11-19-18(20)10-7-13-21(19)35(32,33)27-15-14-26-23(31)24(28-22(30)16-25)34-17-8-4-3-5-9-17/h3-13,24,27H,14-16,25H2,1-2H3,(H,26,31)(H,28,30). The van der Waals surface area contributed by atoms with Crippen molar-refractivity contribution < 1.29 is 18.0 Å². The molecule has 0 heterocycles. The average Bonchev–Trinajstić information content (AvgIpc) is 2.85. The molecule has 0 saturated carbocycles. The number of anilines is 1. The van der Waals surface area contributed by atoms with Crippen molar-refractivity contribution >= 4 is 50.1 Å². The Morgan fingerprint density at radius 1 is 0.943 bits per heavy atom. The molecule has 9 nitrogen and oxygen atoms in total. The maximum atomic E-state index is 13.0. The van der Waals surface area contributed by atoms with Crippen LogP contribution in [0.1, 0.15) is 0 Å². The topological polar surface area (TPSA) is 134 Å². The number of amides is 2. The van der Waals surface area contributed by atoms with Gasteiger partial charge in [-0.25, -0.2) is 13.1 Å². The quantitative estimate of drug-likeness (QED) is 0.173. The van der Waals surface area contributed by atoms with E-state index in [1.807, 2.05) is 67.5 Å². The van der Waals surface area contributed by atoms with Gasteiger partial charge in [-0.3, -0.25) is 9.59 Å². The van der Waals surface area contributed by atoms with Crippen LogP contribution in [0.15, 0.2) is 76.5 Å². The Kier molecular flexibility index (Phi) is 9.10. The highest BCUT2D eigenvalue weighted by Gasteiger charge is 2.22. The average molecular weight is 516 g/mol. The van der Waals surface area contributed by atoms with Crippen molar-refractivity contribution in [2.24, 2.45) is 5.73 Å². The van der Waals surface area contributed by atoms with Gasteiger partial charge in [-0.05, 0) is 24.3 Å². The molecule has 3 rings (SSSR count). The fourth-order valence-corrected chi connectivity index (χ4v) is 5.64. The van der Waals surface area contributed by atoms with Crippen LogP contribution in [0.2, 0.25) is 0 Å². The van der Waals surface area contributed by atoms with Gasteiger partial charge in [-0.2, -0.15) is 0 Å². The van der Waals surface area contributed by atoms with E-state index in [0.29, 0.717) is 5.39 Å². The number of thioether (sulfide) groups is 1. The number of nitrogens with two attached hydrogens (primary N) is 1. The zero-order valence-electron chi connectivity index (χ0n) is 19.5. The maximum Gasteiger partial charge on any atom is 0.253 e. The smallest absolute Gasteiger partial charge is 0.253 e. The Balaban J connectivity index is 1.65. The summed E-state index contributed by atoms with van der Waals surface area (Å²) < 4.78 is 28.6. The molecule has 1 atom stereocenters. The minimum Gasteiger partial charge on any atom is -0.377 e. The lowest BCUT2D eigenvalue weighted by atomic mass is 10.1. The molecule has 0 aliphatic heterocycles. The molecule has 11 heteroatoms. The molecule has 1 unspecified atom stereocenters. The van der Waals surface area contributed by atoms with E-state index in [-0.39, 0.29) is 24.5 Å². The van der Waals surface area contributed by atoms with E-state index in [4.69, 9.17) is 5.73 Å². The number of carbonyl (C=O) groups excluding carboxylic acids is 2. The molecule has 186 valence electrons. The van der Waals surface area contributed by atoms with Gasteiger partial charge in [0, 0.05) is 48.5 Å². The Bertz CT molecular complexity index is 1280. The summed E-state index contributed by atoms with van der Waals surface area (Å²) in [4.78, 5) is 27.4. The Morgan fingerprint density at radius 2 is 1.63 bits per heavy atom. The second kappa shape index (κ2) is 12.0. The van der Waals surface area contributed by atoms with Crippen molar-refractivity contribution in [1.82, 2.24) is 15.4 Å². The van der Waals surface area contributed by atoms with E-state index in [1.165, 1.54) is 0 Å². The first-order valence-corrected chi connectivity index (χ1v) is 13.3. The van der Waals surface area contributed by atoms with Crippen molar-refractivity contribution in [2.45, 2.75) is 15.2 Å². The Hall–Kier alpha value is -3.12. The summed E-state index contributed by atoms with van der Waals surface area (Å²) in [5.74, 6) is -0.928. The van der Waals surface area contributed by atoms with Crippen LogP contribution in [0.25, 0.3) is 10.8 Å². The largest absolute Gasteiger partial charge is 0.377 e. The van der Waals surface area contributed by atoms with Crippen LogP contribution in [-0.2, 0) is 19.6 Å². The maximum absolute atomic E-state index is 13.0. The first kappa shape index (κ1) is 26.5. The molecule has 35 heavy (non-hydrogen) atoms. The second-order valence-corrected chi connectivity index (χ2v) is 10.7. The molecular weight excluding hydrogens is 486 g/mol. The number of sulfonamides is 1. The summed E-state index contributed by atoms with van der Waals surface area (Å²) in [5.41, 5.74) is 6.28. The lowest BCUT2D eigenvalue weighted by Gasteiger charge is -2.18. The molecule has 0 aliphatic carbocycles. The summed E-state index contributed by atoms with van der Waals surface area (Å²) in [5, 5.41) is 5.77. The second-order valence-electron chi connectivity index (χ2n) is 7.79. The fourth-order valence-electron chi connectivity index (χ4n) is 3.42. The van der Waals surface area contributed by atoms with Crippen LogP contribution in [0.4, 0.5) is 5.69 Å². The number of fused-ring (bicyclic) bond motifs is 1. The van der Waals surface area contributed by atoms with E-state index in [9.17, 15) is 18.0 Å². The minimum absolute atomic E-state index is 0.0224. The van der Waals surface area contributed by atoms with E-state index < -0.39 is 27.2 Å². The van der Waals surface area contributed by atoms with Crippen LogP contribution < -0.4 is 26.0 Å². The monoisotopic (exact) mass is 515 g/mol. The number of hydrogen-bond donors (Lipinski definition) is 4. The van der Waals surface area contributed by atoms with Crippen molar-refractivity contribution in [1.29, 1.82) is 0 Å². The van der Waals surface area contributed by atoms with Crippen molar-refractivity contribution in [3.63, 3.8) is 0 Å². The Labute approximate surface area is 209 Å². The zero-order chi connectivity index (χ0) is 25.4.